The van der Waals surface area contributed by atoms with Crippen molar-refractivity contribution in [2.45, 2.75) is 49.8 Å². The number of benzene rings is 2. The predicted octanol–water partition coefficient (Wildman–Crippen LogP) is 3.82. The molecule has 1 aliphatic heterocycles. The monoisotopic (exact) mass is 473 g/mol. The number of hydrogen-bond donors (Lipinski definition) is 3. The van der Waals surface area contributed by atoms with E-state index >= 15 is 0 Å². The van der Waals surface area contributed by atoms with E-state index in [1.807, 2.05) is 0 Å². The summed E-state index contributed by atoms with van der Waals surface area (Å²) in [7, 11) is -3.67. The lowest BCUT2D eigenvalue weighted by Gasteiger charge is -2.28. The molecule has 0 unspecified atom stereocenters. The van der Waals surface area contributed by atoms with Crippen LogP contribution in [0.4, 0.5) is 15.8 Å². The topological polar surface area (TPSA) is 104 Å². The van der Waals surface area contributed by atoms with Crippen LogP contribution < -0.4 is 15.4 Å². The highest BCUT2D eigenvalue weighted by Crippen LogP contribution is 2.30. The highest BCUT2D eigenvalue weighted by molar-refractivity contribution is 7.89. The number of halogens is 1. The maximum Gasteiger partial charge on any atom is 0.240 e. The number of rotatable bonds is 6. The summed E-state index contributed by atoms with van der Waals surface area (Å²) in [5.41, 5.74) is 2.07. The maximum absolute atomic E-state index is 13.0. The van der Waals surface area contributed by atoms with Gasteiger partial charge in [0, 0.05) is 30.3 Å². The Morgan fingerprint density at radius 1 is 1.03 bits per heavy atom. The summed E-state index contributed by atoms with van der Waals surface area (Å²) >= 11 is 0. The van der Waals surface area contributed by atoms with Crippen LogP contribution in [0, 0.1) is 17.7 Å². The van der Waals surface area contributed by atoms with Crippen LogP contribution in [0.3, 0.4) is 0 Å². The van der Waals surface area contributed by atoms with Crippen molar-refractivity contribution < 1.29 is 22.4 Å². The standard InChI is InChI=1S/C24H28FN3O4S/c25-19-8-10-20(11-9-19)27-24(30)17-6-4-16(5-7-17)15-26-33(31,32)21-12-13-22-18(14-21)2-1-3-23(29)28-22/h8-14,16-17,26H,1-7,15H2,(H,27,30)(H,28,29). The first-order chi connectivity index (χ1) is 15.8. The van der Waals surface area contributed by atoms with Gasteiger partial charge in [-0.3, -0.25) is 9.59 Å². The van der Waals surface area contributed by atoms with Gasteiger partial charge in [-0.25, -0.2) is 17.5 Å². The number of anilines is 2. The largest absolute Gasteiger partial charge is 0.326 e. The van der Waals surface area contributed by atoms with Crippen molar-refractivity contribution in [3.63, 3.8) is 0 Å². The average molecular weight is 474 g/mol. The van der Waals surface area contributed by atoms with Gasteiger partial charge in [-0.1, -0.05) is 0 Å². The van der Waals surface area contributed by atoms with E-state index in [-0.39, 0.29) is 34.4 Å². The number of aryl methyl sites for hydroxylation is 1. The molecule has 1 fully saturated rings. The molecule has 1 heterocycles. The van der Waals surface area contributed by atoms with E-state index < -0.39 is 10.0 Å². The molecule has 4 rings (SSSR count). The van der Waals surface area contributed by atoms with Crippen molar-refractivity contribution in [3.8, 4) is 0 Å². The molecule has 2 aromatic rings. The number of nitrogens with one attached hydrogen (secondary N) is 3. The van der Waals surface area contributed by atoms with Gasteiger partial charge in [-0.2, -0.15) is 0 Å². The minimum atomic E-state index is -3.67. The lowest BCUT2D eigenvalue weighted by molar-refractivity contribution is -0.121. The number of hydrogen-bond acceptors (Lipinski definition) is 4. The molecule has 2 aromatic carbocycles. The lowest BCUT2D eigenvalue weighted by Crippen LogP contribution is -2.33. The zero-order valence-corrected chi connectivity index (χ0v) is 19.1. The van der Waals surface area contributed by atoms with Crippen molar-refractivity contribution in [2.75, 3.05) is 17.2 Å². The Bertz CT molecular complexity index is 1130. The summed E-state index contributed by atoms with van der Waals surface area (Å²) < 4.78 is 41.4. The van der Waals surface area contributed by atoms with Gasteiger partial charge in [0.2, 0.25) is 21.8 Å². The Hall–Kier alpha value is -2.78. The zero-order valence-electron chi connectivity index (χ0n) is 18.3. The third-order valence-corrected chi connectivity index (χ3v) is 7.82. The van der Waals surface area contributed by atoms with E-state index in [0.29, 0.717) is 50.0 Å². The molecule has 7 nitrogen and oxygen atoms in total. The van der Waals surface area contributed by atoms with Crippen LogP contribution in [0.25, 0.3) is 0 Å². The fourth-order valence-electron chi connectivity index (χ4n) is 4.44. The average Bonchev–Trinajstić information content (AvgIpc) is 2.99. The molecule has 0 radical (unpaired) electrons. The van der Waals surface area contributed by atoms with Crippen molar-refractivity contribution in [1.29, 1.82) is 0 Å². The quantitative estimate of drug-likeness (QED) is 0.593. The van der Waals surface area contributed by atoms with Crippen molar-refractivity contribution in [2.24, 2.45) is 11.8 Å². The van der Waals surface area contributed by atoms with E-state index in [1.165, 1.54) is 30.3 Å². The first kappa shape index (κ1) is 23.4. The highest BCUT2D eigenvalue weighted by atomic mass is 32.2. The molecule has 1 aliphatic carbocycles. The van der Waals surface area contributed by atoms with Gasteiger partial charge in [0.05, 0.1) is 4.90 Å². The van der Waals surface area contributed by atoms with Gasteiger partial charge in [0.1, 0.15) is 5.82 Å². The smallest absolute Gasteiger partial charge is 0.240 e. The van der Waals surface area contributed by atoms with Crippen molar-refractivity contribution in [3.05, 3.63) is 53.8 Å². The first-order valence-electron chi connectivity index (χ1n) is 11.3. The second-order valence-electron chi connectivity index (χ2n) is 8.79. The molecule has 9 heteroatoms. The van der Waals surface area contributed by atoms with Gasteiger partial charge in [0.15, 0.2) is 0 Å². The number of sulfonamides is 1. The fourth-order valence-corrected chi connectivity index (χ4v) is 5.60. The second kappa shape index (κ2) is 10.0. The second-order valence-corrected chi connectivity index (χ2v) is 10.6. The van der Waals surface area contributed by atoms with E-state index in [4.69, 9.17) is 0 Å². The predicted molar refractivity (Wildman–Crippen MR) is 124 cm³/mol. The fraction of sp³-hybridized carbons (Fsp3) is 0.417. The van der Waals surface area contributed by atoms with Crippen LogP contribution in [0.15, 0.2) is 47.4 Å². The summed E-state index contributed by atoms with van der Waals surface area (Å²) in [6.07, 6.45) is 4.63. The lowest BCUT2D eigenvalue weighted by atomic mass is 9.81. The SMILES string of the molecule is O=C1CCCc2cc(S(=O)(=O)NCC3CCC(C(=O)Nc4ccc(F)cc4)CC3)ccc2N1. The number of amides is 2. The third kappa shape index (κ3) is 5.97. The summed E-state index contributed by atoms with van der Waals surface area (Å²) in [5.74, 6) is -0.465. The van der Waals surface area contributed by atoms with Gasteiger partial charge < -0.3 is 10.6 Å². The Kier molecular flexibility index (Phi) is 7.09. The summed E-state index contributed by atoms with van der Waals surface area (Å²) in [5, 5.41) is 5.63. The summed E-state index contributed by atoms with van der Waals surface area (Å²) in [4.78, 5) is 24.4. The highest BCUT2D eigenvalue weighted by Gasteiger charge is 2.28. The molecule has 3 N–H and O–H groups in total. The third-order valence-electron chi connectivity index (χ3n) is 6.40. The van der Waals surface area contributed by atoms with E-state index in [1.54, 1.807) is 12.1 Å². The maximum atomic E-state index is 13.0. The Balaban J connectivity index is 1.28. The molecular weight excluding hydrogens is 445 g/mol. The van der Waals surface area contributed by atoms with E-state index in [2.05, 4.69) is 15.4 Å². The number of carbonyl (C=O) groups is 2. The Morgan fingerprint density at radius 3 is 2.48 bits per heavy atom. The van der Waals surface area contributed by atoms with Crippen molar-refractivity contribution in [1.82, 2.24) is 4.72 Å². The van der Waals surface area contributed by atoms with Crippen LogP contribution in [-0.2, 0) is 26.0 Å². The molecule has 0 spiro atoms. The Morgan fingerprint density at radius 2 is 1.76 bits per heavy atom. The molecule has 0 aromatic heterocycles. The van der Waals surface area contributed by atoms with Gasteiger partial charge in [-0.15, -0.1) is 0 Å². The van der Waals surface area contributed by atoms with Crippen LogP contribution in [-0.4, -0.2) is 26.8 Å². The van der Waals surface area contributed by atoms with Crippen LogP contribution >= 0.6 is 0 Å². The molecule has 2 amide bonds. The molecule has 0 atom stereocenters. The summed E-state index contributed by atoms with van der Waals surface area (Å²) in [6, 6.07) is 10.5. The molecule has 0 saturated heterocycles. The van der Waals surface area contributed by atoms with E-state index in [9.17, 15) is 22.4 Å². The minimum absolute atomic E-state index is 0.0515. The number of fused-ring (bicyclic) bond motifs is 1. The molecule has 2 aliphatic rings. The van der Waals surface area contributed by atoms with Crippen molar-refractivity contribution >= 4 is 33.2 Å². The van der Waals surface area contributed by atoms with Gasteiger partial charge in [-0.05, 0) is 92.5 Å². The van der Waals surface area contributed by atoms with Gasteiger partial charge >= 0.3 is 0 Å². The van der Waals surface area contributed by atoms with E-state index in [0.717, 1.165) is 18.4 Å². The van der Waals surface area contributed by atoms with Crippen LogP contribution in [0.2, 0.25) is 0 Å². The Labute approximate surface area is 193 Å². The molecule has 0 bridgehead atoms. The van der Waals surface area contributed by atoms with Crippen LogP contribution in [0.1, 0.15) is 44.1 Å². The van der Waals surface area contributed by atoms with Gasteiger partial charge in [0.25, 0.3) is 0 Å². The first-order valence-corrected chi connectivity index (χ1v) is 12.8. The normalized spacial score (nSPS) is 20.9. The molecule has 33 heavy (non-hydrogen) atoms. The summed E-state index contributed by atoms with van der Waals surface area (Å²) in [6.45, 7) is 0.322. The molecule has 176 valence electrons. The molecular formula is C24H28FN3O4S. The zero-order chi connectivity index (χ0) is 23.4. The minimum Gasteiger partial charge on any atom is -0.326 e. The molecule has 1 saturated carbocycles. The number of carbonyl (C=O) groups excluding carboxylic acids is 2. The van der Waals surface area contributed by atoms with Crippen LogP contribution in [0.5, 0.6) is 0 Å².